The minimum Gasteiger partial charge on any atom is -0.481 e. The van der Waals surface area contributed by atoms with Crippen molar-refractivity contribution in [3.63, 3.8) is 0 Å². The fraction of sp³-hybridized carbons (Fsp3) is 0.167. The maximum atomic E-state index is 10.9. The Morgan fingerprint density at radius 2 is 2.04 bits per heavy atom. The number of carbonyl (C=O) groups is 1. The Balaban J connectivity index is 2.16. The van der Waals surface area contributed by atoms with Crippen molar-refractivity contribution in [3.05, 3.63) is 64.1 Å². The van der Waals surface area contributed by atoms with E-state index in [0.29, 0.717) is 11.4 Å². The van der Waals surface area contributed by atoms with Crippen molar-refractivity contribution in [1.29, 1.82) is 0 Å². The molecule has 0 atom stereocenters. The summed E-state index contributed by atoms with van der Waals surface area (Å²) in [6, 6.07) is 13.9. The van der Waals surface area contributed by atoms with Gasteiger partial charge in [0.15, 0.2) is 0 Å². The van der Waals surface area contributed by atoms with E-state index in [-0.39, 0.29) is 6.42 Å². The van der Waals surface area contributed by atoms with Crippen molar-refractivity contribution in [3.8, 4) is 16.3 Å². The molecule has 0 radical (unpaired) electrons. The van der Waals surface area contributed by atoms with Crippen LogP contribution in [-0.4, -0.2) is 15.6 Å². The average Bonchev–Trinajstić information content (AvgIpc) is 3.16. The Kier molecular flexibility index (Phi) is 4.55. The number of nitrogens with zero attached hydrogens (tertiary/aromatic N) is 1. The normalized spacial score (nSPS) is 10.9. The van der Waals surface area contributed by atoms with Crippen molar-refractivity contribution in [2.75, 3.05) is 0 Å². The summed E-state index contributed by atoms with van der Waals surface area (Å²) in [5, 5.41) is 11.7. The van der Waals surface area contributed by atoms with E-state index in [1.807, 2.05) is 48.7 Å². The zero-order valence-electron chi connectivity index (χ0n) is 12.6. The van der Waals surface area contributed by atoms with Crippen molar-refractivity contribution in [1.82, 2.24) is 4.57 Å². The van der Waals surface area contributed by atoms with Gasteiger partial charge in [-0.2, -0.15) is 0 Å². The van der Waals surface area contributed by atoms with Crippen molar-refractivity contribution in [2.45, 2.75) is 19.8 Å². The molecule has 3 aromatic rings. The van der Waals surface area contributed by atoms with E-state index in [4.69, 9.17) is 16.7 Å². The van der Waals surface area contributed by atoms with Gasteiger partial charge in [-0.25, -0.2) is 0 Å². The summed E-state index contributed by atoms with van der Waals surface area (Å²) < 4.78 is 2.12. The zero-order chi connectivity index (χ0) is 16.4. The summed E-state index contributed by atoms with van der Waals surface area (Å²) in [4.78, 5) is 12.1. The third-order valence-electron chi connectivity index (χ3n) is 3.81. The highest BCUT2D eigenvalue weighted by Gasteiger charge is 2.16. The molecule has 0 aliphatic heterocycles. The Morgan fingerprint density at radius 1 is 1.22 bits per heavy atom. The Bertz CT molecular complexity index is 837. The predicted molar refractivity (Wildman–Crippen MR) is 94.8 cm³/mol. The molecule has 2 aromatic heterocycles. The molecular weight excluding hydrogens is 330 g/mol. The number of aryl methyl sites for hydroxylation is 1. The van der Waals surface area contributed by atoms with E-state index in [2.05, 4.69) is 10.6 Å². The number of carboxylic acid groups (broad SMARTS) is 1. The van der Waals surface area contributed by atoms with Crippen molar-refractivity contribution in [2.24, 2.45) is 0 Å². The third kappa shape index (κ3) is 3.19. The number of halogens is 1. The fourth-order valence-electron chi connectivity index (χ4n) is 2.65. The molecule has 0 saturated carbocycles. The largest absolute Gasteiger partial charge is 0.481 e. The van der Waals surface area contributed by atoms with E-state index in [1.165, 1.54) is 0 Å². The molecule has 0 aliphatic carbocycles. The molecule has 0 saturated heterocycles. The summed E-state index contributed by atoms with van der Waals surface area (Å²) in [6.45, 7) is 1.98. The monoisotopic (exact) mass is 345 g/mol. The van der Waals surface area contributed by atoms with Gasteiger partial charge in [-0.05, 0) is 54.6 Å². The topological polar surface area (TPSA) is 42.2 Å². The molecule has 23 heavy (non-hydrogen) atoms. The van der Waals surface area contributed by atoms with Gasteiger partial charge in [0, 0.05) is 10.7 Å². The molecule has 1 aromatic carbocycles. The molecule has 3 nitrogen and oxygen atoms in total. The third-order valence-corrected chi connectivity index (χ3v) is 5.11. The molecule has 2 heterocycles. The molecule has 0 unspecified atom stereocenters. The second kappa shape index (κ2) is 6.60. The number of hydrogen-bond acceptors (Lipinski definition) is 2. The quantitative estimate of drug-likeness (QED) is 0.691. The van der Waals surface area contributed by atoms with E-state index in [1.54, 1.807) is 11.3 Å². The van der Waals surface area contributed by atoms with Crippen LogP contribution in [0.2, 0.25) is 5.02 Å². The van der Waals surface area contributed by atoms with Gasteiger partial charge in [-0.15, -0.1) is 11.3 Å². The summed E-state index contributed by atoms with van der Waals surface area (Å²) in [5.74, 6) is -0.793. The maximum Gasteiger partial charge on any atom is 0.303 e. The molecule has 5 heteroatoms. The van der Waals surface area contributed by atoms with E-state index >= 15 is 0 Å². The lowest BCUT2D eigenvalue weighted by atomic mass is 10.1. The summed E-state index contributed by atoms with van der Waals surface area (Å²) in [5.41, 5.74) is 4.01. The summed E-state index contributed by atoms with van der Waals surface area (Å²) >= 11 is 7.95. The number of hydrogen-bond donors (Lipinski definition) is 1. The summed E-state index contributed by atoms with van der Waals surface area (Å²) in [6.07, 6.45) is 0.584. The maximum absolute atomic E-state index is 10.9. The SMILES string of the molecule is Cc1c(Cl)cccc1-n1c(CCC(=O)O)ccc1-c1cccs1. The second-order valence-electron chi connectivity index (χ2n) is 5.30. The van der Waals surface area contributed by atoms with Crippen LogP contribution in [0.5, 0.6) is 0 Å². The molecule has 0 aliphatic rings. The standard InChI is InChI=1S/C18H16ClNO2S/c1-12-14(19)4-2-5-15(12)20-13(8-10-18(21)22)7-9-16(20)17-6-3-11-23-17/h2-7,9,11H,8,10H2,1H3,(H,21,22). The second-order valence-corrected chi connectivity index (χ2v) is 6.66. The molecule has 0 spiro atoms. The number of benzene rings is 1. The number of carboxylic acids is 1. The minimum atomic E-state index is -0.793. The Labute approximate surface area is 143 Å². The highest BCUT2D eigenvalue weighted by molar-refractivity contribution is 7.13. The van der Waals surface area contributed by atoms with Gasteiger partial charge in [-0.3, -0.25) is 4.79 Å². The van der Waals surface area contributed by atoms with Gasteiger partial charge in [0.1, 0.15) is 0 Å². The van der Waals surface area contributed by atoms with Crippen LogP contribution in [0, 0.1) is 6.92 Å². The number of thiophene rings is 1. The molecule has 118 valence electrons. The van der Waals surface area contributed by atoms with Crippen LogP contribution in [-0.2, 0) is 11.2 Å². The highest BCUT2D eigenvalue weighted by atomic mass is 35.5. The van der Waals surface area contributed by atoms with Gasteiger partial charge in [-0.1, -0.05) is 23.7 Å². The van der Waals surface area contributed by atoms with Crippen LogP contribution in [0.15, 0.2) is 47.8 Å². The van der Waals surface area contributed by atoms with E-state index < -0.39 is 5.97 Å². The van der Waals surface area contributed by atoms with Crippen molar-refractivity contribution >= 4 is 28.9 Å². The lowest BCUT2D eigenvalue weighted by Crippen LogP contribution is -2.06. The first-order chi connectivity index (χ1) is 11.1. The molecule has 3 rings (SSSR count). The smallest absolute Gasteiger partial charge is 0.303 e. The number of aliphatic carboxylic acids is 1. The Hall–Kier alpha value is -2.04. The Morgan fingerprint density at radius 3 is 2.74 bits per heavy atom. The molecule has 1 N–H and O–H groups in total. The van der Waals surface area contributed by atoms with E-state index in [9.17, 15) is 4.79 Å². The molecule has 0 bridgehead atoms. The first kappa shape index (κ1) is 15.8. The average molecular weight is 346 g/mol. The van der Waals surface area contributed by atoms with Gasteiger partial charge in [0.2, 0.25) is 0 Å². The lowest BCUT2D eigenvalue weighted by molar-refractivity contribution is -0.136. The van der Waals surface area contributed by atoms with Crippen LogP contribution in [0.25, 0.3) is 16.3 Å². The first-order valence-electron chi connectivity index (χ1n) is 7.29. The van der Waals surface area contributed by atoms with Gasteiger partial charge in [0.05, 0.1) is 22.7 Å². The minimum absolute atomic E-state index is 0.105. The molecule has 0 fully saturated rings. The fourth-order valence-corrected chi connectivity index (χ4v) is 3.56. The van der Waals surface area contributed by atoms with Gasteiger partial charge < -0.3 is 9.67 Å². The van der Waals surface area contributed by atoms with Gasteiger partial charge >= 0.3 is 5.97 Å². The van der Waals surface area contributed by atoms with Crippen molar-refractivity contribution < 1.29 is 9.90 Å². The van der Waals surface area contributed by atoms with Crippen LogP contribution in [0.3, 0.4) is 0 Å². The molecule has 0 amide bonds. The zero-order valence-corrected chi connectivity index (χ0v) is 14.2. The summed E-state index contributed by atoms with van der Waals surface area (Å²) in [7, 11) is 0. The van der Waals surface area contributed by atoms with Crippen LogP contribution >= 0.6 is 22.9 Å². The molecular formula is C18H16ClNO2S. The first-order valence-corrected chi connectivity index (χ1v) is 8.55. The lowest BCUT2D eigenvalue weighted by Gasteiger charge is -2.16. The van der Waals surface area contributed by atoms with E-state index in [0.717, 1.165) is 27.5 Å². The van der Waals surface area contributed by atoms with Crippen LogP contribution in [0.1, 0.15) is 17.7 Å². The highest BCUT2D eigenvalue weighted by Crippen LogP contribution is 2.33. The predicted octanol–water partition coefficient (Wildman–Crippen LogP) is 5.18. The van der Waals surface area contributed by atoms with Gasteiger partial charge in [0.25, 0.3) is 0 Å². The number of rotatable bonds is 5. The van der Waals surface area contributed by atoms with Crippen LogP contribution < -0.4 is 0 Å². The number of aromatic nitrogens is 1. The van der Waals surface area contributed by atoms with Crippen LogP contribution in [0.4, 0.5) is 0 Å².